The van der Waals surface area contributed by atoms with Gasteiger partial charge in [-0.1, -0.05) is 44.2 Å². The van der Waals surface area contributed by atoms with E-state index in [1.54, 1.807) is 19.2 Å². The van der Waals surface area contributed by atoms with Gasteiger partial charge in [0.15, 0.2) is 0 Å². The number of nitrogens with zero attached hydrogens (tertiary/aromatic N) is 3. The van der Waals surface area contributed by atoms with E-state index in [2.05, 4.69) is 18.7 Å². The minimum atomic E-state index is -0.0347. The number of aromatic hydroxyl groups is 1. The summed E-state index contributed by atoms with van der Waals surface area (Å²) in [5, 5.41) is 10.3. The smallest absolute Gasteiger partial charge is 0.261 e. The fourth-order valence-electron chi connectivity index (χ4n) is 5.50. The van der Waals surface area contributed by atoms with Crippen LogP contribution in [-0.2, 0) is 6.54 Å². The van der Waals surface area contributed by atoms with E-state index in [9.17, 15) is 9.90 Å². The number of hydrogen-bond donors (Lipinski definition) is 1. The molecule has 2 heterocycles. The van der Waals surface area contributed by atoms with E-state index in [4.69, 9.17) is 9.72 Å². The molecule has 1 aliphatic heterocycles. The molecule has 1 fully saturated rings. The lowest BCUT2D eigenvalue weighted by atomic mass is 9.96. The SMILES string of the molecule is COc1ccccc1-c1nc2ccc(-c3ccc(O)cc3)cc2c(=O)n1CC1CCCN(CC(C)C)C1. The predicted molar refractivity (Wildman–Crippen MR) is 149 cm³/mol. The van der Waals surface area contributed by atoms with Crippen LogP contribution in [0, 0.1) is 11.8 Å². The molecule has 1 unspecified atom stereocenters. The number of benzene rings is 3. The van der Waals surface area contributed by atoms with Crippen molar-refractivity contribution in [3.63, 3.8) is 0 Å². The molecule has 1 N–H and O–H groups in total. The van der Waals surface area contributed by atoms with Gasteiger partial charge in [0.2, 0.25) is 0 Å². The van der Waals surface area contributed by atoms with E-state index in [1.165, 1.54) is 0 Å². The van der Waals surface area contributed by atoms with E-state index in [0.29, 0.717) is 40.9 Å². The second-order valence-corrected chi connectivity index (χ2v) is 10.5. The minimum Gasteiger partial charge on any atom is -0.508 e. The fourth-order valence-corrected chi connectivity index (χ4v) is 5.50. The average molecular weight is 498 g/mol. The molecule has 6 heteroatoms. The molecule has 0 spiro atoms. The first-order valence-corrected chi connectivity index (χ1v) is 13.1. The first-order chi connectivity index (χ1) is 17.9. The maximum atomic E-state index is 14.1. The van der Waals surface area contributed by atoms with Crippen LogP contribution in [0.3, 0.4) is 0 Å². The molecule has 0 amide bonds. The van der Waals surface area contributed by atoms with Crippen LogP contribution in [0.25, 0.3) is 33.4 Å². The number of phenolic OH excluding ortho intramolecular Hbond substituents is 1. The van der Waals surface area contributed by atoms with Crippen molar-refractivity contribution in [3.05, 3.63) is 77.1 Å². The summed E-state index contributed by atoms with van der Waals surface area (Å²) in [6, 6.07) is 20.6. The first-order valence-electron chi connectivity index (χ1n) is 13.1. The highest BCUT2D eigenvalue weighted by atomic mass is 16.5. The molecule has 1 aromatic heterocycles. The number of ether oxygens (including phenoxy) is 1. The summed E-state index contributed by atoms with van der Waals surface area (Å²) < 4.78 is 7.53. The van der Waals surface area contributed by atoms with Crippen molar-refractivity contribution in [3.8, 4) is 34.0 Å². The van der Waals surface area contributed by atoms with Gasteiger partial charge in [-0.15, -0.1) is 0 Å². The Morgan fingerprint density at radius 3 is 2.57 bits per heavy atom. The maximum Gasteiger partial charge on any atom is 0.261 e. The molecular weight excluding hydrogens is 462 g/mol. The molecule has 5 rings (SSSR count). The van der Waals surface area contributed by atoms with Gasteiger partial charge in [0.05, 0.1) is 23.6 Å². The Kier molecular flexibility index (Phi) is 7.28. The third kappa shape index (κ3) is 5.39. The number of rotatable bonds is 7. The quantitative estimate of drug-likeness (QED) is 0.349. The number of aromatic nitrogens is 2. The van der Waals surface area contributed by atoms with Crippen LogP contribution in [0.15, 0.2) is 71.5 Å². The molecule has 192 valence electrons. The minimum absolute atomic E-state index is 0.0347. The average Bonchev–Trinajstić information content (AvgIpc) is 2.90. The number of likely N-dealkylation sites (tertiary alicyclic amines) is 1. The van der Waals surface area contributed by atoms with Crippen molar-refractivity contribution in [1.82, 2.24) is 14.5 Å². The topological polar surface area (TPSA) is 67.6 Å². The van der Waals surface area contributed by atoms with E-state index >= 15 is 0 Å². The highest BCUT2D eigenvalue weighted by Crippen LogP contribution is 2.31. The van der Waals surface area contributed by atoms with Gasteiger partial charge < -0.3 is 14.7 Å². The van der Waals surface area contributed by atoms with Crippen LogP contribution >= 0.6 is 0 Å². The predicted octanol–water partition coefficient (Wildman–Crippen LogP) is 5.81. The molecule has 0 bridgehead atoms. The van der Waals surface area contributed by atoms with Crippen molar-refractivity contribution in [2.24, 2.45) is 11.8 Å². The van der Waals surface area contributed by atoms with Crippen molar-refractivity contribution in [1.29, 1.82) is 0 Å². The largest absolute Gasteiger partial charge is 0.508 e. The number of fused-ring (bicyclic) bond motifs is 1. The number of methoxy groups -OCH3 is 1. The van der Waals surface area contributed by atoms with Crippen molar-refractivity contribution < 1.29 is 9.84 Å². The summed E-state index contributed by atoms with van der Waals surface area (Å²) in [7, 11) is 1.65. The Hall–Kier alpha value is -3.64. The Bertz CT molecular complexity index is 1440. The van der Waals surface area contributed by atoms with Gasteiger partial charge in [-0.3, -0.25) is 9.36 Å². The zero-order chi connectivity index (χ0) is 25.9. The standard InChI is InChI=1S/C31H35N3O3/c1-21(2)18-33-16-6-7-22(19-33)20-34-30(26-8-4-5-9-29(26)37-3)32-28-15-12-24(17-27(28)31(34)36)23-10-13-25(35)14-11-23/h4-5,8-15,17,21-22,35H,6-7,16,18-20H2,1-3H3. The van der Waals surface area contributed by atoms with Crippen LogP contribution in [0.4, 0.5) is 0 Å². The van der Waals surface area contributed by atoms with Gasteiger partial charge in [-0.05, 0) is 78.7 Å². The molecule has 3 aromatic carbocycles. The zero-order valence-electron chi connectivity index (χ0n) is 21.9. The van der Waals surface area contributed by atoms with Gasteiger partial charge in [0, 0.05) is 19.6 Å². The molecule has 1 saturated heterocycles. The molecule has 0 saturated carbocycles. The van der Waals surface area contributed by atoms with Gasteiger partial charge in [-0.25, -0.2) is 4.98 Å². The van der Waals surface area contributed by atoms with E-state index in [0.717, 1.165) is 49.2 Å². The summed E-state index contributed by atoms with van der Waals surface area (Å²) in [4.78, 5) is 21.7. The van der Waals surface area contributed by atoms with Crippen molar-refractivity contribution >= 4 is 10.9 Å². The second kappa shape index (κ2) is 10.8. The monoisotopic (exact) mass is 497 g/mol. The maximum absolute atomic E-state index is 14.1. The fraction of sp³-hybridized carbons (Fsp3) is 0.355. The van der Waals surface area contributed by atoms with Crippen LogP contribution in [-0.4, -0.2) is 46.3 Å². The molecule has 1 aliphatic rings. The highest BCUT2D eigenvalue weighted by molar-refractivity contribution is 5.85. The number of hydrogen-bond acceptors (Lipinski definition) is 5. The normalized spacial score (nSPS) is 16.4. The summed E-state index contributed by atoms with van der Waals surface area (Å²) in [5.74, 6) is 2.56. The third-order valence-electron chi connectivity index (χ3n) is 7.17. The van der Waals surface area contributed by atoms with Crippen molar-refractivity contribution in [2.45, 2.75) is 33.2 Å². The van der Waals surface area contributed by atoms with E-state index in [1.807, 2.05) is 59.2 Å². The Morgan fingerprint density at radius 2 is 1.81 bits per heavy atom. The van der Waals surface area contributed by atoms with Gasteiger partial charge in [0.25, 0.3) is 5.56 Å². The van der Waals surface area contributed by atoms with Crippen LogP contribution in [0.2, 0.25) is 0 Å². The lowest BCUT2D eigenvalue weighted by Crippen LogP contribution is -2.40. The molecular formula is C31H35N3O3. The molecule has 37 heavy (non-hydrogen) atoms. The van der Waals surface area contributed by atoms with Crippen LogP contribution < -0.4 is 10.3 Å². The zero-order valence-corrected chi connectivity index (χ0v) is 21.9. The Morgan fingerprint density at radius 1 is 1.05 bits per heavy atom. The summed E-state index contributed by atoms with van der Waals surface area (Å²) >= 11 is 0. The first kappa shape index (κ1) is 25.0. The number of phenols is 1. The Balaban J connectivity index is 1.62. The van der Waals surface area contributed by atoms with Crippen LogP contribution in [0.1, 0.15) is 26.7 Å². The molecule has 1 atom stereocenters. The molecule has 6 nitrogen and oxygen atoms in total. The molecule has 0 aliphatic carbocycles. The van der Waals surface area contributed by atoms with E-state index < -0.39 is 0 Å². The van der Waals surface area contributed by atoms with Gasteiger partial charge >= 0.3 is 0 Å². The van der Waals surface area contributed by atoms with E-state index in [-0.39, 0.29) is 11.3 Å². The Labute approximate surface area is 218 Å². The summed E-state index contributed by atoms with van der Waals surface area (Å²) in [6.45, 7) is 8.32. The third-order valence-corrected chi connectivity index (χ3v) is 7.17. The van der Waals surface area contributed by atoms with Crippen molar-refractivity contribution in [2.75, 3.05) is 26.7 Å². The lowest BCUT2D eigenvalue weighted by Gasteiger charge is -2.34. The highest BCUT2D eigenvalue weighted by Gasteiger charge is 2.24. The van der Waals surface area contributed by atoms with Gasteiger partial charge in [0.1, 0.15) is 17.3 Å². The second-order valence-electron chi connectivity index (χ2n) is 10.5. The summed E-state index contributed by atoms with van der Waals surface area (Å²) in [6.07, 6.45) is 2.24. The molecule has 4 aromatic rings. The number of piperidine rings is 1. The van der Waals surface area contributed by atoms with Gasteiger partial charge in [-0.2, -0.15) is 0 Å². The lowest BCUT2D eigenvalue weighted by molar-refractivity contribution is 0.148. The summed E-state index contributed by atoms with van der Waals surface area (Å²) in [5.41, 5.74) is 3.31. The number of para-hydroxylation sites is 1. The molecule has 0 radical (unpaired) electrons. The van der Waals surface area contributed by atoms with Crippen LogP contribution in [0.5, 0.6) is 11.5 Å².